The Bertz CT molecular complexity index is 821. The number of quaternary nitrogens is 1. The minimum Gasteiger partial charge on any atom is -0.331 e. The molecule has 2 aromatic rings. The molecule has 148 valence electrons. The summed E-state index contributed by atoms with van der Waals surface area (Å²) in [5, 5.41) is 2.92. The summed E-state index contributed by atoms with van der Waals surface area (Å²) in [6, 6.07) is 14.2. The average Bonchev–Trinajstić information content (AvgIpc) is 2.69. The molecule has 28 heavy (non-hydrogen) atoms. The van der Waals surface area contributed by atoms with Crippen LogP contribution >= 0.6 is 11.8 Å². The van der Waals surface area contributed by atoms with E-state index in [9.17, 15) is 14.0 Å². The molecule has 1 heterocycles. The zero-order valence-corrected chi connectivity index (χ0v) is 16.7. The van der Waals surface area contributed by atoms with Crippen molar-refractivity contribution < 1.29 is 18.9 Å². The van der Waals surface area contributed by atoms with E-state index >= 15 is 0 Å². The van der Waals surface area contributed by atoms with E-state index in [1.54, 1.807) is 23.1 Å². The Balaban J connectivity index is 1.40. The molecule has 0 aromatic heterocycles. The molecular weight excluding hydrogens is 377 g/mol. The Morgan fingerprint density at radius 3 is 2.46 bits per heavy atom. The van der Waals surface area contributed by atoms with Crippen LogP contribution in [0.1, 0.15) is 5.56 Å². The highest BCUT2D eigenvalue weighted by Crippen LogP contribution is 2.21. The van der Waals surface area contributed by atoms with Crippen molar-refractivity contribution in [3.8, 4) is 0 Å². The molecule has 1 aliphatic heterocycles. The zero-order valence-electron chi connectivity index (χ0n) is 15.9. The first kappa shape index (κ1) is 20.4. The highest BCUT2D eigenvalue weighted by atomic mass is 32.2. The molecule has 1 saturated heterocycles. The number of benzene rings is 2. The van der Waals surface area contributed by atoms with Crippen LogP contribution in [-0.2, 0) is 9.59 Å². The predicted molar refractivity (Wildman–Crippen MR) is 109 cm³/mol. The third-order valence-electron chi connectivity index (χ3n) is 4.76. The summed E-state index contributed by atoms with van der Waals surface area (Å²) in [6.45, 7) is 5.09. The van der Waals surface area contributed by atoms with E-state index < -0.39 is 0 Å². The van der Waals surface area contributed by atoms with E-state index in [1.165, 1.54) is 17.8 Å². The van der Waals surface area contributed by atoms with Crippen molar-refractivity contribution in [2.24, 2.45) is 0 Å². The molecule has 2 amide bonds. The van der Waals surface area contributed by atoms with Crippen molar-refractivity contribution in [1.82, 2.24) is 4.90 Å². The lowest BCUT2D eigenvalue weighted by atomic mass is 10.2. The number of aryl methyl sites for hydroxylation is 1. The fourth-order valence-electron chi connectivity index (χ4n) is 3.11. The standard InChI is InChI=1S/C21H24FN3O2S/c1-16-6-8-17(9-7-16)23-20(26)14-24-10-12-25(13-11-24)21(27)15-28-19-5-3-2-4-18(19)22/h2-9H,10-15H2,1H3,(H,23,26)/p+1. The highest BCUT2D eigenvalue weighted by molar-refractivity contribution is 8.00. The van der Waals surface area contributed by atoms with Gasteiger partial charge in [0, 0.05) is 10.6 Å². The van der Waals surface area contributed by atoms with Gasteiger partial charge in [0.2, 0.25) is 5.91 Å². The van der Waals surface area contributed by atoms with Crippen LogP contribution in [0.4, 0.5) is 10.1 Å². The van der Waals surface area contributed by atoms with Gasteiger partial charge in [0.05, 0.1) is 31.9 Å². The first-order chi connectivity index (χ1) is 13.5. The molecule has 1 fully saturated rings. The summed E-state index contributed by atoms with van der Waals surface area (Å²) >= 11 is 1.23. The minimum absolute atomic E-state index is 0.0106. The largest absolute Gasteiger partial charge is 0.331 e. The van der Waals surface area contributed by atoms with Crippen LogP contribution in [0.15, 0.2) is 53.4 Å². The first-order valence-corrected chi connectivity index (χ1v) is 10.3. The van der Waals surface area contributed by atoms with Crippen LogP contribution in [-0.4, -0.2) is 55.2 Å². The smallest absolute Gasteiger partial charge is 0.279 e. The number of piperazine rings is 1. The maximum atomic E-state index is 13.6. The SMILES string of the molecule is Cc1ccc(NC(=O)C[NH+]2CCN(C(=O)CSc3ccccc3F)CC2)cc1. The molecule has 2 N–H and O–H groups in total. The van der Waals surface area contributed by atoms with E-state index in [0.29, 0.717) is 24.5 Å². The van der Waals surface area contributed by atoms with Gasteiger partial charge in [-0.2, -0.15) is 0 Å². The van der Waals surface area contributed by atoms with E-state index in [1.807, 2.05) is 31.2 Å². The predicted octanol–water partition coefficient (Wildman–Crippen LogP) is 1.59. The minimum atomic E-state index is -0.297. The van der Waals surface area contributed by atoms with Crippen LogP contribution in [0, 0.1) is 12.7 Å². The van der Waals surface area contributed by atoms with E-state index in [4.69, 9.17) is 0 Å². The average molecular weight is 403 g/mol. The molecule has 0 unspecified atom stereocenters. The topological polar surface area (TPSA) is 53.9 Å². The molecule has 0 aliphatic carbocycles. The van der Waals surface area contributed by atoms with Crippen molar-refractivity contribution in [3.05, 3.63) is 59.9 Å². The van der Waals surface area contributed by atoms with Crippen LogP contribution in [0.5, 0.6) is 0 Å². The maximum Gasteiger partial charge on any atom is 0.279 e. The lowest BCUT2D eigenvalue weighted by Gasteiger charge is -2.31. The molecule has 0 spiro atoms. The van der Waals surface area contributed by atoms with E-state index in [0.717, 1.165) is 29.2 Å². The monoisotopic (exact) mass is 402 g/mol. The number of hydrogen-bond donors (Lipinski definition) is 2. The van der Waals surface area contributed by atoms with Gasteiger partial charge in [-0.25, -0.2) is 4.39 Å². The van der Waals surface area contributed by atoms with Gasteiger partial charge in [-0.3, -0.25) is 9.59 Å². The first-order valence-electron chi connectivity index (χ1n) is 9.36. The van der Waals surface area contributed by atoms with Gasteiger partial charge in [0.1, 0.15) is 5.82 Å². The third kappa shape index (κ3) is 5.81. The van der Waals surface area contributed by atoms with Crippen molar-refractivity contribution in [2.75, 3.05) is 43.8 Å². The molecule has 0 bridgehead atoms. The summed E-state index contributed by atoms with van der Waals surface area (Å²) in [4.78, 5) is 28.1. The Kier molecular flexibility index (Phi) is 7.06. The quantitative estimate of drug-likeness (QED) is 0.722. The number of rotatable bonds is 6. The van der Waals surface area contributed by atoms with Gasteiger partial charge in [0.15, 0.2) is 6.54 Å². The number of nitrogens with zero attached hydrogens (tertiary/aromatic N) is 1. The third-order valence-corrected chi connectivity index (χ3v) is 5.79. The Labute approximate surface area is 168 Å². The second kappa shape index (κ2) is 9.71. The summed E-state index contributed by atoms with van der Waals surface area (Å²) < 4.78 is 13.6. The lowest BCUT2D eigenvalue weighted by molar-refractivity contribution is -0.895. The zero-order chi connectivity index (χ0) is 19.9. The maximum absolute atomic E-state index is 13.6. The number of nitrogens with one attached hydrogen (secondary N) is 2. The van der Waals surface area contributed by atoms with Crippen LogP contribution in [0.2, 0.25) is 0 Å². The van der Waals surface area contributed by atoms with Gasteiger partial charge in [-0.05, 0) is 31.2 Å². The Hall–Kier alpha value is -2.38. The number of carbonyl (C=O) groups excluding carboxylic acids is 2. The summed E-state index contributed by atoms with van der Waals surface area (Å²) in [7, 11) is 0. The Morgan fingerprint density at radius 2 is 1.79 bits per heavy atom. The molecule has 7 heteroatoms. The number of amides is 2. The lowest BCUT2D eigenvalue weighted by Crippen LogP contribution is -3.15. The molecule has 1 aliphatic rings. The molecule has 5 nitrogen and oxygen atoms in total. The van der Waals surface area contributed by atoms with Crippen LogP contribution < -0.4 is 10.2 Å². The summed E-state index contributed by atoms with van der Waals surface area (Å²) in [5.41, 5.74) is 1.95. The number of carbonyl (C=O) groups is 2. The van der Waals surface area contributed by atoms with Crippen LogP contribution in [0.3, 0.4) is 0 Å². The van der Waals surface area contributed by atoms with Gasteiger partial charge in [0.25, 0.3) is 5.91 Å². The molecular formula is C21H25FN3O2S+. The van der Waals surface area contributed by atoms with E-state index in [-0.39, 0.29) is 23.4 Å². The fourth-order valence-corrected chi connectivity index (χ4v) is 3.95. The van der Waals surface area contributed by atoms with Crippen molar-refractivity contribution in [3.63, 3.8) is 0 Å². The molecule has 0 radical (unpaired) electrons. The molecule has 3 rings (SSSR count). The number of anilines is 1. The Morgan fingerprint density at radius 1 is 1.11 bits per heavy atom. The second-order valence-electron chi connectivity index (χ2n) is 6.94. The van der Waals surface area contributed by atoms with Gasteiger partial charge < -0.3 is 15.1 Å². The molecule has 2 aromatic carbocycles. The normalized spacial score (nSPS) is 14.7. The van der Waals surface area contributed by atoms with E-state index in [2.05, 4.69) is 5.32 Å². The highest BCUT2D eigenvalue weighted by Gasteiger charge is 2.25. The second-order valence-corrected chi connectivity index (χ2v) is 7.96. The van der Waals surface area contributed by atoms with Gasteiger partial charge in [-0.15, -0.1) is 11.8 Å². The van der Waals surface area contributed by atoms with Crippen molar-refractivity contribution >= 4 is 29.3 Å². The van der Waals surface area contributed by atoms with Gasteiger partial charge in [-0.1, -0.05) is 29.8 Å². The van der Waals surface area contributed by atoms with Crippen molar-refractivity contribution in [1.29, 1.82) is 0 Å². The van der Waals surface area contributed by atoms with Gasteiger partial charge >= 0.3 is 0 Å². The number of thioether (sulfide) groups is 1. The fraction of sp³-hybridized carbons (Fsp3) is 0.333. The van der Waals surface area contributed by atoms with Crippen LogP contribution in [0.25, 0.3) is 0 Å². The number of hydrogen-bond acceptors (Lipinski definition) is 3. The molecule has 0 saturated carbocycles. The molecule has 0 atom stereocenters. The summed E-state index contributed by atoms with van der Waals surface area (Å²) in [6.07, 6.45) is 0. The number of halogens is 1. The van der Waals surface area contributed by atoms with Crippen molar-refractivity contribution in [2.45, 2.75) is 11.8 Å². The summed E-state index contributed by atoms with van der Waals surface area (Å²) in [5.74, 6) is -0.0798.